The molecule has 1 aliphatic heterocycles. The fourth-order valence-corrected chi connectivity index (χ4v) is 4.75. The molecule has 0 saturated carbocycles. The van der Waals surface area contributed by atoms with E-state index in [1.807, 2.05) is 4.90 Å². The Morgan fingerprint density at radius 1 is 1.21 bits per heavy atom. The quantitative estimate of drug-likeness (QED) is 0.309. The van der Waals surface area contributed by atoms with E-state index in [1.54, 1.807) is 25.3 Å². The summed E-state index contributed by atoms with van der Waals surface area (Å²) in [5, 5.41) is 15.2. The Morgan fingerprint density at radius 3 is 2.74 bits per heavy atom. The molecule has 4 heterocycles. The van der Waals surface area contributed by atoms with Crippen LogP contribution in [-0.4, -0.2) is 101 Å². The van der Waals surface area contributed by atoms with Crippen LogP contribution < -0.4 is 10.1 Å². The van der Waals surface area contributed by atoms with Crippen molar-refractivity contribution in [3.05, 3.63) is 30.2 Å². The Morgan fingerprint density at radius 2 is 2.03 bits per heavy atom. The average molecular weight is 537 g/mol. The summed E-state index contributed by atoms with van der Waals surface area (Å²) in [7, 11) is 3.00. The molecule has 0 radical (unpaired) electrons. The summed E-state index contributed by atoms with van der Waals surface area (Å²) >= 11 is 0. The fraction of sp³-hybridized carbons (Fsp3) is 0.500. The zero-order valence-electron chi connectivity index (χ0n) is 21.0. The molecule has 0 aliphatic carbocycles. The molecule has 3 aromatic heterocycles. The van der Waals surface area contributed by atoms with Crippen molar-refractivity contribution in [3.8, 4) is 17.0 Å². The number of nitrogens with one attached hydrogen (secondary N) is 1. The summed E-state index contributed by atoms with van der Waals surface area (Å²) in [6.07, 6.45) is 0.539. The lowest BCUT2D eigenvalue weighted by Gasteiger charge is -2.34. The Kier molecular flexibility index (Phi) is 7.61. The molecular weight excluding hydrogens is 508 g/mol. The first-order valence-corrected chi connectivity index (χ1v) is 12.2. The Labute approximate surface area is 215 Å². The van der Waals surface area contributed by atoms with Crippen molar-refractivity contribution in [2.45, 2.75) is 24.7 Å². The minimum Gasteiger partial charge on any atom is -0.479 e. The Balaban J connectivity index is 1.47. The lowest BCUT2D eigenvalue weighted by Crippen LogP contribution is -2.48. The molecule has 0 bridgehead atoms. The number of halogens is 4. The number of fused-ring (bicyclic) bond motifs is 2. The number of likely N-dealkylation sites (tertiary alicyclic amines) is 1. The third kappa shape index (κ3) is 4.85. The number of piperidine rings is 1. The molecule has 1 aromatic carbocycles. The molecule has 0 spiro atoms. The summed E-state index contributed by atoms with van der Waals surface area (Å²) < 4.78 is 69.8. The van der Waals surface area contributed by atoms with Crippen LogP contribution in [0, 0.1) is 5.82 Å². The van der Waals surface area contributed by atoms with Crippen LogP contribution in [-0.2, 0) is 4.74 Å². The number of anilines is 1. The highest BCUT2D eigenvalue weighted by Crippen LogP contribution is 2.35. The summed E-state index contributed by atoms with van der Waals surface area (Å²) in [5.74, 6) is -0.442. The number of aromatic nitrogens is 6. The normalized spacial score (nSPS) is 18.6. The maximum absolute atomic E-state index is 15.3. The number of benzene rings is 1. The average Bonchev–Trinajstić information content (AvgIpc) is 3.49. The lowest BCUT2D eigenvalue weighted by atomic mass is 10.0. The van der Waals surface area contributed by atoms with Crippen molar-refractivity contribution < 1.29 is 27.0 Å². The minimum atomic E-state index is -1.16. The number of ether oxygens (including phenoxy) is 2. The van der Waals surface area contributed by atoms with E-state index in [9.17, 15) is 13.2 Å². The van der Waals surface area contributed by atoms with E-state index in [2.05, 4.69) is 25.7 Å². The molecule has 1 aliphatic rings. The van der Waals surface area contributed by atoms with Crippen LogP contribution in [0.2, 0.25) is 0 Å². The molecule has 5 rings (SSSR count). The molecular formula is C24H28F4N8O2. The van der Waals surface area contributed by atoms with Gasteiger partial charge >= 0.3 is 0 Å². The molecule has 0 unspecified atom stereocenters. The zero-order chi connectivity index (χ0) is 26.8. The highest BCUT2D eigenvalue weighted by Gasteiger charge is 2.30. The lowest BCUT2D eigenvalue weighted by molar-refractivity contribution is 0.0918. The number of rotatable bonds is 10. The maximum atomic E-state index is 15.3. The van der Waals surface area contributed by atoms with Crippen LogP contribution in [0.5, 0.6) is 5.88 Å². The smallest absolute Gasteiger partial charge is 0.244 e. The van der Waals surface area contributed by atoms with Gasteiger partial charge < -0.3 is 14.8 Å². The second kappa shape index (κ2) is 11.1. The van der Waals surface area contributed by atoms with Crippen molar-refractivity contribution in [3.63, 3.8) is 0 Å². The van der Waals surface area contributed by atoms with E-state index >= 15 is 4.39 Å². The second-order valence-electron chi connectivity index (χ2n) is 9.14. The van der Waals surface area contributed by atoms with Crippen LogP contribution >= 0.6 is 0 Å². The van der Waals surface area contributed by atoms with E-state index < -0.39 is 37.4 Å². The molecule has 4 aromatic rings. The predicted octanol–water partition coefficient (Wildman–Crippen LogP) is 3.24. The highest BCUT2D eigenvalue weighted by molar-refractivity contribution is 5.89. The third-order valence-corrected chi connectivity index (χ3v) is 6.76. The molecule has 204 valence electrons. The Bertz CT molecular complexity index is 1410. The van der Waals surface area contributed by atoms with Gasteiger partial charge in [0.1, 0.15) is 36.6 Å². The maximum Gasteiger partial charge on any atom is 0.244 e. The second-order valence-corrected chi connectivity index (χ2v) is 9.14. The largest absolute Gasteiger partial charge is 0.479 e. The zero-order valence-corrected chi connectivity index (χ0v) is 21.0. The minimum absolute atomic E-state index is 0.0754. The van der Waals surface area contributed by atoms with Crippen LogP contribution in [0.15, 0.2) is 24.4 Å². The van der Waals surface area contributed by atoms with Crippen LogP contribution in [0.25, 0.3) is 27.7 Å². The van der Waals surface area contributed by atoms with E-state index in [-0.39, 0.29) is 29.5 Å². The monoisotopic (exact) mass is 536 g/mol. The summed E-state index contributed by atoms with van der Waals surface area (Å²) in [4.78, 5) is 6.37. The number of methoxy groups -OCH3 is 2. The van der Waals surface area contributed by atoms with Crippen molar-refractivity contribution in [2.75, 3.05) is 59.1 Å². The highest BCUT2D eigenvalue weighted by atomic mass is 19.1. The number of alkyl halides is 3. The first kappa shape index (κ1) is 26.1. The van der Waals surface area contributed by atoms with Gasteiger partial charge in [0.25, 0.3) is 0 Å². The van der Waals surface area contributed by atoms with Crippen molar-refractivity contribution >= 4 is 22.5 Å². The molecule has 38 heavy (non-hydrogen) atoms. The van der Waals surface area contributed by atoms with E-state index in [4.69, 9.17) is 9.47 Å². The van der Waals surface area contributed by atoms with Gasteiger partial charge in [-0.1, -0.05) is 11.3 Å². The van der Waals surface area contributed by atoms with Crippen LogP contribution in [0.4, 0.5) is 23.5 Å². The molecule has 10 nitrogen and oxygen atoms in total. The predicted molar refractivity (Wildman–Crippen MR) is 132 cm³/mol. The van der Waals surface area contributed by atoms with Crippen molar-refractivity contribution in [1.82, 2.24) is 34.5 Å². The van der Waals surface area contributed by atoms with Crippen LogP contribution in [0.1, 0.15) is 12.5 Å². The summed E-state index contributed by atoms with van der Waals surface area (Å²) in [6.45, 7) is 0.181. The number of hydrogen-bond donors (Lipinski definition) is 1. The van der Waals surface area contributed by atoms with Crippen molar-refractivity contribution in [1.29, 1.82) is 0 Å². The summed E-state index contributed by atoms with van der Waals surface area (Å²) in [6, 6.07) is 3.11. The van der Waals surface area contributed by atoms with E-state index in [0.29, 0.717) is 42.7 Å². The number of nitrogens with zero attached hydrogens (tertiary/aromatic N) is 7. The van der Waals surface area contributed by atoms with E-state index in [1.165, 1.54) is 17.8 Å². The van der Waals surface area contributed by atoms with Gasteiger partial charge in [0.2, 0.25) is 11.8 Å². The number of hydrogen-bond acceptors (Lipinski definition) is 8. The molecule has 0 amide bonds. The van der Waals surface area contributed by atoms with Gasteiger partial charge in [0, 0.05) is 26.7 Å². The fourth-order valence-electron chi connectivity index (χ4n) is 4.75. The molecule has 1 saturated heterocycles. The summed E-state index contributed by atoms with van der Waals surface area (Å²) in [5.41, 5.74) is 1.54. The third-order valence-electron chi connectivity index (χ3n) is 6.76. The van der Waals surface area contributed by atoms with Gasteiger partial charge in [-0.15, -0.1) is 10.2 Å². The topological polar surface area (TPSA) is 94.6 Å². The molecule has 1 N–H and O–H groups in total. The van der Waals surface area contributed by atoms with Gasteiger partial charge in [-0.2, -0.15) is 4.98 Å². The van der Waals surface area contributed by atoms with Gasteiger partial charge in [-0.25, -0.2) is 26.8 Å². The SMILES string of the molecule is COCCN1CC[C@@H](Nc2nc(OC)c3c(-c4ccc5nnn(C(CF)CF)c5c4)c(F)cn3n2)[C@@H](F)C1. The molecule has 14 heteroatoms. The first-order valence-electron chi connectivity index (χ1n) is 12.2. The standard InChI is InChI=1S/C24H28F4N8O2/c1-37-8-7-34-6-5-18(16(27)12-34)29-24-30-23(38-2)22-21(17(28)13-35(22)32-24)14-3-4-19-20(9-14)36(33-31-19)15(10-25)11-26/h3-4,9,13,15-16,18H,5-8,10-12H2,1-2H3,(H,29,32)/t16-,18+/m0/s1. The van der Waals surface area contributed by atoms with Gasteiger partial charge in [-0.3, -0.25) is 4.90 Å². The van der Waals surface area contributed by atoms with Crippen LogP contribution in [0.3, 0.4) is 0 Å². The molecule has 1 fully saturated rings. The Hall–Kier alpha value is -3.52. The van der Waals surface area contributed by atoms with Gasteiger partial charge in [0.15, 0.2) is 5.82 Å². The van der Waals surface area contributed by atoms with E-state index in [0.717, 1.165) is 4.68 Å². The van der Waals surface area contributed by atoms with Crippen molar-refractivity contribution in [2.24, 2.45) is 0 Å². The first-order chi connectivity index (χ1) is 18.5. The van der Waals surface area contributed by atoms with Gasteiger partial charge in [0.05, 0.1) is 37.0 Å². The molecule has 2 atom stereocenters. The van der Waals surface area contributed by atoms with Gasteiger partial charge in [-0.05, 0) is 24.1 Å².